The van der Waals surface area contributed by atoms with Crippen molar-refractivity contribution < 1.29 is 33.0 Å². The Morgan fingerprint density at radius 2 is 1.59 bits per heavy atom. The number of phenolic OH excluding ortho intramolecular Hbond substituents is 1. The van der Waals surface area contributed by atoms with Gasteiger partial charge in [-0.05, 0) is 41.8 Å². The maximum absolute atomic E-state index is 13.1. The molecule has 0 spiro atoms. The first-order chi connectivity index (χ1) is 17.5. The predicted octanol–water partition coefficient (Wildman–Crippen LogP) is 5.43. The molecular formula is C28H19F3N2O4. The fourth-order valence-electron chi connectivity index (χ4n) is 3.73. The van der Waals surface area contributed by atoms with Crippen molar-refractivity contribution in [2.45, 2.75) is 6.18 Å². The summed E-state index contributed by atoms with van der Waals surface area (Å²) in [5, 5.41) is 21.0. The van der Waals surface area contributed by atoms with E-state index in [4.69, 9.17) is 5.11 Å². The number of rotatable bonds is 3. The second kappa shape index (κ2) is 9.66. The zero-order valence-electron chi connectivity index (χ0n) is 19.6. The van der Waals surface area contributed by atoms with E-state index in [9.17, 15) is 27.9 Å². The highest BCUT2D eigenvalue weighted by Crippen LogP contribution is 2.37. The van der Waals surface area contributed by atoms with E-state index < -0.39 is 23.3 Å². The Kier molecular flexibility index (Phi) is 6.60. The van der Waals surface area contributed by atoms with Gasteiger partial charge in [0.2, 0.25) is 0 Å². The molecule has 0 bridgehead atoms. The van der Waals surface area contributed by atoms with Gasteiger partial charge in [0.05, 0.1) is 22.4 Å². The summed E-state index contributed by atoms with van der Waals surface area (Å²) in [6, 6.07) is 14.2. The SMILES string of the molecule is CN(C)C(=O)c1cc(-c2ccc(C#Cc3cc(C(=O)O)cc(C(F)(F)F)c3)cn2)c2ccccc2c1O. The van der Waals surface area contributed by atoms with Crippen LogP contribution in [0.1, 0.15) is 37.4 Å². The summed E-state index contributed by atoms with van der Waals surface area (Å²) >= 11 is 0. The Morgan fingerprint density at radius 1 is 0.919 bits per heavy atom. The average Bonchev–Trinajstić information content (AvgIpc) is 2.87. The van der Waals surface area contributed by atoms with Gasteiger partial charge >= 0.3 is 12.1 Å². The summed E-state index contributed by atoms with van der Waals surface area (Å²) in [5.41, 5.74) is -0.146. The fourth-order valence-corrected chi connectivity index (χ4v) is 3.73. The van der Waals surface area contributed by atoms with Gasteiger partial charge in [-0.2, -0.15) is 13.2 Å². The molecule has 0 aliphatic heterocycles. The maximum Gasteiger partial charge on any atom is 0.416 e. The summed E-state index contributed by atoms with van der Waals surface area (Å²) in [6.45, 7) is 0. The molecule has 186 valence electrons. The molecule has 0 saturated heterocycles. The topological polar surface area (TPSA) is 90.7 Å². The van der Waals surface area contributed by atoms with Gasteiger partial charge in [-0.25, -0.2) is 4.79 Å². The Morgan fingerprint density at radius 3 is 2.19 bits per heavy atom. The third-order valence-electron chi connectivity index (χ3n) is 5.55. The molecule has 0 unspecified atom stereocenters. The molecule has 0 saturated carbocycles. The molecular weight excluding hydrogens is 485 g/mol. The lowest BCUT2D eigenvalue weighted by atomic mass is 9.96. The quantitative estimate of drug-likeness (QED) is 0.364. The van der Waals surface area contributed by atoms with Crippen molar-refractivity contribution in [1.82, 2.24) is 9.88 Å². The van der Waals surface area contributed by atoms with Crippen LogP contribution in [0, 0.1) is 11.8 Å². The van der Waals surface area contributed by atoms with Crippen LogP contribution in [0.15, 0.2) is 66.9 Å². The van der Waals surface area contributed by atoms with Gasteiger partial charge in [0.15, 0.2) is 0 Å². The van der Waals surface area contributed by atoms with Gasteiger partial charge in [-0.15, -0.1) is 0 Å². The number of aromatic carboxylic acids is 1. The van der Waals surface area contributed by atoms with Crippen molar-refractivity contribution >= 4 is 22.6 Å². The minimum absolute atomic E-state index is 0.104. The van der Waals surface area contributed by atoms with E-state index in [0.717, 1.165) is 12.1 Å². The van der Waals surface area contributed by atoms with Crippen LogP contribution in [0.5, 0.6) is 5.75 Å². The van der Waals surface area contributed by atoms with Crippen LogP contribution in [0.2, 0.25) is 0 Å². The number of aromatic nitrogens is 1. The predicted molar refractivity (Wildman–Crippen MR) is 131 cm³/mol. The van der Waals surface area contributed by atoms with E-state index in [1.807, 2.05) is 0 Å². The van der Waals surface area contributed by atoms with Crippen molar-refractivity contribution in [3.05, 3.63) is 94.7 Å². The van der Waals surface area contributed by atoms with Crippen molar-refractivity contribution in [3.8, 4) is 28.8 Å². The number of carboxylic acids is 1. The monoisotopic (exact) mass is 504 g/mol. The van der Waals surface area contributed by atoms with E-state index in [1.165, 1.54) is 11.1 Å². The smallest absolute Gasteiger partial charge is 0.416 e. The first-order valence-electron chi connectivity index (χ1n) is 10.9. The first kappa shape index (κ1) is 25.3. The number of fused-ring (bicyclic) bond motifs is 1. The summed E-state index contributed by atoms with van der Waals surface area (Å²) < 4.78 is 39.4. The zero-order valence-corrected chi connectivity index (χ0v) is 19.6. The van der Waals surface area contributed by atoms with Crippen LogP contribution >= 0.6 is 0 Å². The average molecular weight is 504 g/mol. The number of carboxylic acid groups (broad SMARTS) is 1. The number of benzene rings is 3. The van der Waals surface area contributed by atoms with Crippen LogP contribution in [0.3, 0.4) is 0 Å². The number of amides is 1. The number of hydrogen-bond acceptors (Lipinski definition) is 4. The number of alkyl halides is 3. The van der Waals surface area contributed by atoms with Crippen molar-refractivity contribution in [2.75, 3.05) is 14.1 Å². The van der Waals surface area contributed by atoms with Crippen molar-refractivity contribution in [2.24, 2.45) is 0 Å². The van der Waals surface area contributed by atoms with Crippen molar-refractivity contribution in [1.29, 1.82) is 0 Å². The normalized spacial score (nSPS) is 11.1. The molecule has 1 aromatic heterocycles. The lowest BCUT2D eigenvalue weighted by Gasteiger charge is -2.15. The summed E-state index contributed by atoms with van der Waals surface area (Å²) in [6.07, 6.45) is -3.30. The third-order valence-corrected chi connectivity index (χ3v) is 5.55. The third kappa shape index (κ3) is 5.23. The minimum Gasteiger partial charge on any atom is -0.506 e. The van der Waals surface area contributed by atoms with E-state index >= 15 is 0 Å². The minimum atomic E-state index is -4.72. The molecule has 2 N–H and O–H groups in total. The molecule has 6 nitrogen and oxygen atoms in total. The molecule has 4 aromatic rings. The van der Waals surface area contributed by atoms with E-state index in [1.54, 1.807) is 56.6 Å². The van der Waals surface area contributed by atoms with E-state index in [0.29, 0.717) is 33.7 Å². The van der Waals surface area contributed by atoms with Gasteiger partial charge < -0.3 is 15.1 Å². The van der Waals surface area contributed by atoms with Crippen LogP contribution in [0.4, 0.5) is 13.2 Å². The molecule has 0 aliphatic carbocycles. The highest BCUT2D eigenvalue weighted by molar-refractivity contribution is 6.08. The number of carbonyl (C=O) groups excluding carboxylic acids is 1. The highest BCUT2D eigenvalue weighted by Gasteiger charge is 2.31. The number of halogens is 3. The van der Waals surface area contributed by atoms with E-state index in [2.05, 4.69) is 16.8 Å². The van der Waals surface area contributed by atoms with E-state index in [-0.39, 0.29) is 22.8 Å². The molecule has 3 aromatic carbocycles. The molecule has 1 heterocycles. The second-order valence-corrected chi connectivity index (χ2v) is 8.35. The summed E-state index contributed by atoms with van der Waals surface area (Å²) in [7, 11) is 3.15. The number of aromatic hydroxyl groups is 1. The summed E-state index contributed by atoms with van der Waals surface area (Å²) in [4.78, 5) is 29.6. The van der Waals surface area contributed by atoms with Gasteiger partial charge in [-0.3, -0.25) is 9.78 Å². The van der Waals surface area contributed by atoms with Crippen LogP contribution in [-0.2, 0) is 6.18 Å². The Hall–Kier alpha value is -4.84. The first-order valence-corrected chi connectivity index (χ1v) is 10.9. The standard InChI is InChI=1S/C28H19F3N2O4/c1-33(2)26(35)23-14-22(20-5-3-4-6-21(20)25(23)34)24-10-9-16(15-32-24)7-8-17-11-18(27(36)37)13-19(12-17)28(29,30)31/h3-6,9-15,34H,1-2H3,(H,36,37). The molecule has 9 heteroatoms. The van der Waals surface area contributed by atoms with Gasteiger partial charge in [0, 0.05) is 42.4 Å². The maximum atomic E-state index is 13.1. The molecule has 0 radical (unpaired) electrons. The Labute approximate surface area is 209 Å². The molecule has 0 aliphatic rings. The largest absolute Gasteiger partial charge is 0.506 e. The molecule has 37 heavy (non-hydrogen) atoms. The van der Waals surface area contributed by atoms with Gasteiger partial charge in [0.25, 0.3) is 5.91 Å². The summed E-state index contributed by atoms with van der Waals surface area (Å²) in [5.74, 6) is 3.26. The zero-order chi connectivity index (χ0) is 26.9. The van der Waals surface area contributed by atoms with Crippen molar-refractivity contribution in [3.63, 3.8) is 0 Å². The number of pyridine rings is 1. The van der Waals surface area contributed by atoms with Gasteiger partial charge in [0.1, 0.15) is 5.75 Å². The molecule has 0 atom stereocenters. The van der Waals surface area contributed by atoms with Crippen LogP contribution in [0.25, 0.3) is 22.0 Å². The molecule has 1 amide bonds. The number of carbonyl (C=O) groups is 2. The fraction of sp³-hybridized carbons (Fsp3) is 0.107. The number of phenols is 1. The lowest BCUT2D eigenvalue weighted by Crippen LogP contribution is -2.21. The second-order valence-electron chi connectivity index (χ2n) is 8.35. The lowest BCUT2D eigenvalue weighted by molar-refractivity contribution is -0.137. The van der Waals surface area contributed by atoms with Crippen LogP contribution < -0.4 is 0 Å². The Balaban J connectivity index is 1.74. The molecule has 4 rings (SSSR count). The Bertz CT molecular complexity index is 1600. The highest BCUT2D eigenvalue weighted by atomic mass is 19.4. The number of nitrogens with zero attached hydrogens (tertiary/aromatic N) is 2. The molecule has 0 fully saturated rings. The van der Waals surface area contributed by atoms with Crippen LogP contribution in [-0.4, -0.2) is 46.1 Å². The van der Waals surface area contributed by atoms with Gasteiger partial charge in [-0.1, -0.05) is 36.1 Å². The number of hydrogen-bond donors (Lipinski definition) is 2.